The third-order valence-corrected chi connectivity index (χ3v) is 6.36. The lowest BCUT2D eigenvalue weighted by Gasteiger charge is -2.33. The van der Waals surface area contributed by atoms with Gasteiger partial charge in [0.25, 0.3) is 0 Å². The molecule has 0 aliphatic carbocycles. The number of hydrogen-bond acceptors (Lipinski definition) is 9. The molecule has 1 atom stereocenters. The molecule has 0 saturated carbocycles. The van der Waals surface area contributed by atoms with Crippen molar-refractivity contribution in [1.29, 1.82) is 0 Å². The average molecular weight is 505 g/mol. The second-order valence-electron chi connectivity index (χ2n) is 9.36. The molecule has 10 heteroatoms. The largest absolute Gasteiger partial charge is 0.481 e. The molecule has 4 rings (SSSR count). The van der Waals surface area contributed by atoms with Gasteiger partial charge in [0.1, 0.15) is 5.82 Å². The molecule has 1 aliphatic heterocycles. The number of carbonyl (C=O) groups is 1. The Kier molecular flexibility index (Phi) is 9.36. The third kappa shape index (κ3) is 7.94. The summed E-state index contributed by atoms with van der Waals surface area (Å²) in [6.07, 6.45) is 4.79. The Hall–Kier alpha value is -3.60. The Morgan fingerprint density at radius 1 is 1.24 bits per heavy atom. The van der Waals surface area contributed by atoms with E-state index in [1.807, 2.05) is 43.6 Å². The van der Waals surface area contributed by atoms with E-state index in [0.29, 0.717) is 12.5 Å². The van der Waals surface area contributed by atoms with E-state index in [2.05, 4.69) is 54.9 Å². The monoisotopic (exact) mass is 504 g/mol. The van der Waals surface area contributed by atoms with Crippen LogP contribution in [0.5, 0.6) is 0 Å². The Balaban J connectivity index is 1.38. The zero-order chi connectivity index (χ0) is 26.0. The lowest BCUT2D eigenvalue weighted by atomic mass is 10.1. The molecule has 2 aromatic heterocycles. The van der Waals surface area contributed by atoms with Gasteiger partial charge < -0.3 is 26.0 Å². The normalized spacial score (nSPS) is 15.9. The maximum atomic E-state index is 11.1. The van der Waals surface area contributed by atoms with Crippen LogP contribution in [-0.4, -0.2) is 83.8 Å². The van der Waals surface area contributed by atoms with E-state index in [-0.39, 0.29) is 12.5 Å². The summed E-state index contributed by atoms with van der Waals surface area (Å²) in [6, 6.07) is 14.1. The summed E-state index contributed by atoms with van der Waals surface area (Å²) in [4.78, 5) is 29.2. The van der Waals surface area contributed by atoms with E-state index < -0.39 is 5.97 Å². The number of piperazine rings is 1. The van der Waals surface area contributed by atoms with Gasteiger partial charge in [0.15, 0.2) is 0 Å². The Labute approximate surface area is 218 Å². The number of nitrogens with zero attached hydrogens (tertiary/aromatic N) is 5. The zero-order valence-corrected chi connectivity index (χ0v) is 21.5. The fourth-order valence-corrected chi connectivity index (χ4v) is 4.47. The predicted octanol–water partition coefficient (Wildman–Crippen LogP) is 2.58. The van der Waals surface area contributed by atoms with Crippen LogP contribution in [-0.2, 0) is 11.3 Å². The van der Waals surface area contributed by atoms with Crippen molar-refractivity contribution in [2.45, 2.75) is 25.4 Å². The Morgan fingerprint density at radius 3 is 2.92 bits per heavy atom. The summed E-state index contributed by atoms with van der Waals surface area (Å²) in [5.41, 5.74) is 3.79. The molecule has 3 heterocycles. The van der Waals surface area contributed by atoms with Gasteiger partial charge >= 0.3 is 5.97 Å². The highest BCUT2D eigenvalue weighted by molar-refractivity contribution is 5.67. The highest BCUT2D eigenvalue weighted by Gasteiger charge is 2.21. The number of nitrogens with one attached hydrogen (secondary N) is 3. The number of aliphatic carboxylic acids is 1. The number of carboxylic acids is 1. The number of anilines is 3. The van der Waals surface area contributed by atoms with Gasteiger partial charge in [-0.1, -0.05) is 12.1 Å². The van der Waals surface area contributed by atoms with Gasteiger partial charge in [-0.2, -0.15) is 0 Å². The molecule has 0 radical (unpaired) electrons. The summed E-state index contributed by atoms with van der Waals surface area (Å²) in [7, 11) is 4.01. The second-order valence-corrected chi connectivity index (χ2v) is 9.36. The third-order valence-electron chi connectivity index (χ3n) is 6.36. The molecule has 0 bridgehead atoms. The minimum Gasteiger partial charge on any atom is -0.481 e. The van der Waals surface area contributed by atoms with Crippen LogP contribution in [0.25, 0.3) is 11.3 Å². The van der Waals surface area contributed by atoms with E-state index in [4.69, 9.17) is 10.1 Å². The standard InChI is InChI=1S/C27H36N8O2/c1-28-10-4-13-34(2)25-8-7-21(17-31-25)24-9-11-30-27(33-24)32-22-6-3-5-20(15-22)18-35-14-12-29-23(19-35)16-26(36)37/h3,5-9,11,15,17,23,28-29H,4,10,12-14,16,18-19H2,1-2H3,(H,36,37)(H,30,32,33). The Bertz CT molecular complexity index is 1160. The highest BCUT2D eigenvalue weighted by Crippen LogP contribution is 2.22. The van der Waals surface area contributed by atoms with Crippen molar-refractivity contribution in [3.05, 3.63) is 60.4 Å². The van der Waals surface area contributed by atoms with Gasteiger partial charge in [-0.25, -0.2) is 15.0 Å². The predicted molar refractivity (Wildman–Crippen MR) is 146 cm³/mol. The molecule has 196 valence electrons. The first-order valence-electron chi connectivity index (χ1n) is 12.7. The minimum atomic E-state index is -0.771. The van der Waals surface area contributed by atoms with Crippen LogP contribution in [0.4, 0.5) is 17.5 Å². The van der Waals surface area contributed by atoms with E-state index >= 15 is 0 Å². The van der Waals surface area contributed by atoms with Gasteiger partial charge in [-0.3, -0.25) is 9.69 Å². The molecule has 1 fully saturated rings. The van der Waals surface area contributed by atoms with Gasteiger partial charge in [0.2, 0.25) is 5.95 Å². The van der Waals surface area contributed by atoms with Crippen molar-refractivity contribution in [1.82, 2.24) is 30.5 Å². The van der Waals surface area contributed by atoms with E-state index in [0.717, 1.165) is 67.5 Å². The number of hydrogen-bond donors (Lipinski definition) is 4. The van der Waals surface area contributed by atoms with E-state index in [9.17, 15) is 4.79 Å². The number of benzene rings is 1. The SMILES string of the molecule is CNCCCN(C)c1ccc(-c2ccnc(Nc3cccc(CN4CCNC(CC(=O)O)C4)c3)n2)cn1. The maximum absolute atomic E-state index is 11.1. The molecule has 4 N–H and O–H groups in total. The fraction of sp³-hybridized carbons (Fsp3) is 0.407. The van der Waals surface area contributed by atoms with Crippen LogP contribution in [0.1, 0.15) is 18.4 Å². The first-order valence-corrected chi connectivity index (χ1v) is 12.7. The highest BCUT2D eigenvalue weighted by atomic mass is 16.4. The molecular weight excluding hydrogens is 468 g/mol. The zero-order valence-electron chi connectivity index (χ0n) is 21.5. The first kappa shape index (κ1) is 26.5. The summed E-state index contributed by atoms with van der Waals surface area (Å²) >= 11 is 0. The van der Waals surface area contributed by atoms with Crippen LogP contribution in [0.2, 0.25) is 0 Å². The molecule has 3 aromatic rings. The quantitative estimate of drug-likeness (QED) is 0.274. The van der Waals surface area contributed by atoms with Crippen LogP contribution in [0.15, 0.2) is 54.9 Å². The number of carboxylic acid groups (broad SMARTS) is 1. The number of aromatic nitrogens is 3. The lowest BCUT2D eigenvalue weighted by molar-refractivity contribution is -0.137. The van der Waals surface area contributed by atoms with Crippen molar-refractivity contribution in [3.63, 3.8) is 0 Å². The van der Waals surface area contributed by atoms with Gasteiger partial charge in [0.05, 0.1) is 12.1 Å². The maximum Gasteiger partial charge on any atom is 0.304 e. The van der Waals surface area contributed by atoms with Crippen molar-refractivity contribution in [2.75, 3.05) is 57.0 Å². The molecule has 10 nitrogen and oxygen atoms in total. The van der Waals surface area contributed by atoms with Crippen LogP contribution in [0, 0.1) is 0 Å². The lowest BCUT2D eigenvalue weighted by Crippen LogP contribution is -2.50. The smallest absolute Gasteiger partial charge is 0.304 e. The van der Waals surface area contributed by atoms with Crippen LogP contribution in [0.3, 0.4) is 0 Å². The van der Waals surface area contributed by atoms with Crippen LogP contribution >= 0.6 is 0 Å². The summed E-state index contributed by atoms with van der Waals surface area (Å²) < 4.78 is 0. The summed E-state index contributed by atoms with van der Waals surface area (Å²) in [5, 5.41) is 18.9. The van der Waals surface area contributed by atoms with Crippen molar-refractivity contribution < 1.29 is 9.90 Å². The average Bonchev–Trinajstić information content (AvgIpc) is 2.89. The van der Waals surface area contributed by atoms with Gasteiger partial charge in [-0.15, -0.1) is 0 Å². The number of rotatable bonds is 12. The molecule has 0 spiro atoms. The van der Waals surface area contributed by atoms with E-state index in [1.165, 1.54) is 0 Å². The Morgan fingerprint density at radius 2 is 2.14 bits per heavy atom. The molecule has 1 aliphatic rings. The summed E-state index contributed by atoms with van der Waals surface area (Å²) in [5.74, 6) is 0.682. The minimum absolute atomic E-state index is 0.0222. The molecule has 1 unspecified atom stereocenters. The molecule has 0 amide bonds. The van der Waals surface area contributed by atoms with Gasteiger partial charge in [-0.05, 0) is 55.9 Å². The van der Waals surface area contributed by atoms with E-state index in [1.54, 1.807) is 6.20 Å². The molecule has 37 heavy (non-hydrogen) atoms. The van der Waals surface area contributed by atoms with Crippen molar-refractivity contribution in [3.8, 4) is 11.3 Å². The van der Waals surface area contributed by atoms with Crippen molar-refractivity contribution in [2.24, 2.45) is 0 Å². The number of pyridine rings is 1. The van der Waals surface area contributed by atoms with Gasteiger partial charge in [0, 0.05) is 69.5 Å². The van der Waals surface area contributed by atoms with Crippen molar-refractivity contribution >= 4 is 23.4 Å². The van der Waals surface area contributed by atoms with Crippen LogP contribution < -0.4 is 20.9 Å². The molecule has 1 saturated heterocycles. The molecular formula is C27H36N8O2. The fourth-order valence-electron chi connectivity index (χ4n) is 4.47. The molecule has 1 aromatic carbocycles. The second kappa shape index (κ2) is 13.1. The summed E-state index contributed by atoms with van der Waals surface area (Å²) in [6.45, 7) is 5.07. The first-order chi connectivity index (χ1) is 18.0. The topological polar surface area (TPSA) is 119 Å².